The third kappa shape index (κ3) is 5.84. The van der Waals surface area contributed by atoms with Crippen LogP contribution in [0, 0.1) is 0 Å². The van der Waals surface area contributed by atoms with Gasteiger partial charge in [0.15, 0.2) is 0 Å². The zero-order valence-electron chi connectivity index (χ0n) is 10.8. The highest BCUT2D eigenvalue weighted by Gasteiger charge is 1.97. The molecule has 0 fully saturated rings. The largest absolute Gasteiger partial charge is 0.353 e. The lowest BCUT2D eigenvalue weighted by molar-refractivity contribution is -0.116. The number of carbonyl (C=O) groups is 1. The van der Waals surface area contributed by atoms with Crippen LogP contribution < -0.4 is 5.32 Å². The lowest BCUT2D eigenvalue weighted by Gasteiger charge is -2.08. The Labute approximate surface area is 113 Å². The van der Waals surface area contributed by atoms with Crippen LogP contribution in [0.15, 0.2) is 30.3 Å². The van der Waals surface area contributed by atoms with Crippen LogP contribution in [0.1, 0.15) is 12.0 Å². The Kier molecular flexibility index (Phi) is 6.47. The first-order valence-corrected chi connectivity index (χ1v) is 6.32. The van der Waals surface area contributed by atoms with E-state index in [2.05, 4.69) is 10.2 Å². The molecule has 1 aromatic rings. The molecule has 0 aliphatic carbocycles. The quantitative estimate of drug-likeness (QED) is 0.634. The molecule has 0 atom stereocenters. The number of halogens is 1. The molecule has 0 aromatic heterocycles. The van der Waals surface area contributed by atoms with Gasteiger partial charge in [0.2, 0.25) is 5.91 Å². The summed E-state index contributed by atoms with van der Waals surface area (Å²) >= 11 is 5.98. The number of amides is 1. The third-order valence-electron chi connectivity index (χ3n) is 2.40. The molecule has 1 rings (SSSR count). The number of nitrogens with one attached hydrogen (secondary N) is 1. The van der Waals surface area contributed by atoms with Crippen molar-refractivity contribution in [1.82, 2.24) is 10.2 Å². The maximum atomic E-state index is 11.5. The van der Waals surface area contributed by atoms with Crippen molar-refractivity contribution < 1.29 is 4.79 Å². The first-order valence-electron chi connectivity index (χ1n) is 5.95. The topological polar surface area (TPSA) is 32.3 Å². The van der Waals surface area contributed by atoms with Crippen LogP contribution in [-0.2, 0) is 4.79 Å². The molecule has 0 heterocycles. The molecule has 4 heteroatoms. The van der Waals surface area contributed by atoms with Gasteiger partial charge in [0.1, 0.15) is 0 Å². The van der Waals surface area contributed by atoms with Crippen molar-refractivity contribution in [3.05, 3.63) is 40.9 Å². The maximum absolute atomic E-state index is 11.5. The van der Waals surface area contributed by atoms with Crippen molar-refractivity contribution >= 4 is 23.6 Å². The Morgan fingerprint density at radius 1 is 1.39 bits per heavy atom. The molecule has 1 N–H and O–H groups in total. The van der Waals surface area contributed by atoms with Gasteiger partial charge in [0.25, 0.3) is 0 Å². The monoisotopic (exact) mass is 266 g/mol. The van der Waals surface area contributed by atoms with Gasteiger partial charge in [-0.2, -0.15) is 0 Å². The normalized spacial score (nSPS) is 11.1. The third-order valence-corrected chi connectivity index (χ3v) is 2.75. The Balaban J connectivity index is 2.34. The van der Waals surface area contributed by atoms with Gasteiger partial charge in [-0.3, -0.25) is 4.79 Å². The molecule has 0 spiro atoms. The van der Waals surface area contributed by atoms with E-state index in [0.29, 0.717) is 11.6 Å². The standard InChI is InChI=1S/C14H19ClN2O/c1-17(2)11-5-10-16-14(18)9-8-12-6-3-4-7-13(12)15/h3-4,6-9H,5,10-11H2,1-2H3,(H,16,18)/b9-8+. The van der Waals surface area contributed by atoms with E-state index in [0.717, 1.165) is 18.5 Å². The average molecular weight is 267 g/mol. The molecule has 0 aliphatic heterocycles. The van der Waals surface area contributed by atoms with Crippen LogP contribution in [-0.4, -0.2) is 38.0 Å². The Hall–Kier alpha value is -1.32. The van der Waals surface area contributed by atoms with E-state index in [-0.39, 0.29) is 5.91 Å². The maximum Gasteiger partial charge on any atom is 0.244 e. The fraction of sp³-hybridized carbons (Fsp3) is 0.357. The number of hydrogen-bond acceptors (Lipinski definition) is 2. The van der Waals surface area contributed by atoms with E-state index in [9.17, 15) is 4.79 Å². The Morgan fingerprint density at radius 3 is 2.78 bits per heavy atom. The predicted molar refractivity (Wildman–Crippen MR) is 76.7 cm³/mol. The molecular formula is C14H19ClN2O. The summed E-state index contributed by atoms with van der Waals surface area (Å²) in [6.07, 6.45) is 4.18. The molecule has 1 amide bonds. The predicted octanol–water partition coefficient (Wildman–Crippen LogP) is 2.42. The lowest BCUT2D eigenvalue weighted by atomic mass is 10.2. The second-order valence-electron chi connectivity index (χ2n) is 4.30. The molecule has 0 saturated carbocycles. The van der Waals surface area contributed by atoms with Gasteiger partial charge in [0, 0.05) is 17.6 Å². The minimum absolute atomic E-state index is 0.0892. The molecule has 1 aromatic carbocycles. The van der Waals surface area contributed by atoms with Crippen molar-refractivity contribution in [2.45, 2.75) is 6.42 Å². The van der Waals surface area contributed by atoms with Crippen molar-refractivity contribution in [2.75, 3.05) is 27.2 Å². The molecular weight excluding hydrogens is 248 g/mol. The van der Waals surface area contributed by atoms with Crippen LogP contribution in [0.4, 0.5) is 0 Å². The smallest absolute Gasteiger partial charge is 0.244 e. The minimum Gasteiger partial charge on any atom is -0.353 e. The Morgan fingerprint density at radius 2 is 2.11 bits per heavy atom. The molecule has 0 unspecified atom stereocenters. The van der Waals surface area contributed by atoms with E-state index in [4.69, 9.17) is 11.6 Å². The summed E-state index contributed by atoms with van der Waals surface area (Å²) in [5.74, 6) is -0.0892. The van der Waals surface area contributed by atoms with Crippen molar-refractivity contribution in [3.8, 4) is 0 Å². The van der Waals surface area contributed by atoms with E-state index in [1.54, 1.807) is 12.1 Å². The van der Waals surface area contributed by atoms with E-state index in [1.807, 2.05) is 32.3 Å². The number of hydrogen-bond donors (Lipinski definition) is 1. The van der Waals surface area contributed by atoms with E-state index in [1.165, 1.54) is 6.08 Å². The zero-order valence-corrected chi connectivity index (χ0v) is 11.6. The molecule has 0 saturated heterocycles. The molecule has 0 radical (unpaired) electrons. The van der Waals surface area contributed by atoms with Crippen molar-refractivity contribution in [2.24, 2.45) is 0 Å². The molecule has 3 nitrogen and oxygen atoms in total. The summed E-state index contributed by atoms with van der Waals surface area (Å²) in [6.45, 7) is 1.65. The molecule has 0 aliphatic rings. The first-order chi connectivity index (χ1) is 8.59. The van der Waals surface area contributed by atoms with Crippen LogP contribution in [0.3, 0.4) is 0 Å². The van der Waals surface area contributed by atoms with Crippen LogP contribution in [0.2, 0.25) is 5.02 Å². The molecule has 18 heavy (non-hydrogen) atoms. The average Bonchev–Trinajstić information content (AvgIpc) is 2.33. The summed E-state index contributed by atoms with van der Waals surface area (Å²) in [7, 11) is 4.03. The summed E-state index contributed by atoms with van der Waals surface area (Å²) in [5.41, 5.74) is 0.850. The highest BCUT2D eigenvalue weighted by Crippen LogP contribution is 2.15. The van der Waals surface area contributed by atoms with Gasteiger partial charge in [-0.25, -0.2) is 0 Å². The van der Waals surface area contributed by atoms with Gasteiger partial charge in [0.05, 0.1) is 0 Å². The lowest BCUT2D eigenvalue weighted by Crippen LogP contribution is -2.25. The van der Waals surface area contributed by atoms with E-state index < -0.39 is 0 Å². The second kappa shape index (κ2) is 7.90. The number of benzene rings is 1. The minimum atomic E-state index is -0.0892. The molecule has 98 valence electrons. The van der Waals surface area contributed by atoms with Crippen molar-refractivity contribution in [1.29, 1.82) is 0 Å². The Bertz CT molecular complexity index is 416. The van der Waals surface area contributed by atoms with E-state index >= 15 is 0 Å². The van der Waals surface area contributed by atoms with Gasteiger partial charge >= 0.3 is 0 Å². The number of carbonyl (C=O) groups excluding carboxylic acids is 1. The fourth-order valence-electron chi connectivity index (χ4n) is 1.44. The van der Waals surface area contributed by atoms with Gasteiger partial charge in [-0.05, 0) is 44.8 Å². The molecule has 0 bridgehead atoms. The first kappa shape index (κ1) is 14.7. The summed E-state index contributed by atoms with van der Waals surface area (Å²) < 4.78 is 0. The summed E-state index contributed by atoms with van der Waals surface area (Å²) in [6, 6.07) is 7.43. The summed E-state index contributed by atoms with van der Waals surface area (Å²) in [4.78, 5) is 13.6. The van der Waals surface area contributed by atoms with Crippen LogP contribution in [0.25, 0.3) is 6.08 Å². The number of rotatable bonds is 6. The summed E-state index contributed by atoms with van der Waals surface area (Å²) in [5, 5.41) is 3.48. The number of nitrogens with zero attached hydrogens (tertiary/aromatic N) is 1. The van der Waals surface area contributed by atoms with Gasteiger partial charge in [-0.1, -0.05) is 29.8 Å². The SMILES string of the molecule is CN(C)CCCNC(=O)/C=C/c1ccccc1Cl. The zero-order chi connectivity index (χ0) is 13.4. The fourth-order valence-corrected chi connectivity index (χ4v) is 1.64. The highest BCUT2D eigenvalue weighted by atomic mass is 35.5. The van der Waals surface area contributed by atoms with Gasteiger partial charge < -0.3 is 10.2 Å². The van der Waals surface area contributed by atoms with Gasteiger partial charge in [-0.15, -0.1) is 0 Å². The second-order valence-corrected chi connectivity index (χ2v) is 4.71. The van der Waals surface area contributed by atoms with Crippen molar-refractivity contribution in [3.63, 3.8) is 0 Å². The highest BCUT2D eigenvalue weighted by molar-refractivity contribution is 6.32. The van der Waals surface area contributed by atoms with Crippen LogP contribution >= 0.6 is 11.6 Å². The van der Waals surface area contributed by atoms with Crippen LogP contribution in [0.5, 0.6) is 0 Å².